The summed E-state index contributed by atoms with van der Waals surface area (Å²) in [5.41, 5.74) is 2.05. The Balaban J connectivity index is 1.68. The zero-order valence-electron chi connectivity index (χ0n) is 9.83. The zero-order chi connectivity index (χ0) is 12.8. The van der Waals surface area contributed by atoms with E-state index in [0.29, 0.717) is 6.42 Å². The van der Waals surface area contributed by atoms with Crippen molar-refractivity contribution in [2.24, 2.45) is 0 Å². The molecule has 2 rings (SSSR count). The van der Waals surface area contributed by atoms with Crippen molar-refractivity contribution in [1.29, 1.82) is 0 Å². The van der Waals surface area contributed by atoms with E-state index in [-0.39, 0.29) is 12.5 Å². The van der Waals surface area contributed by atoms with Gasteiger partial charge in [0.1, 0.15) is 0 Å². The van der Waals surface area contributed by atoms with Crippen LogP contribution in [0, 0.1) is 0 Å². The number of nitrogens with one attached hydrogen (secondary N) is 1. The fourth-order valence-corrected chi connectivity index (χ4v) is 2.98. The number of amides is 1. The number of aliphatic hydroxyl groups is 1. The van der Waals surface area contributed by atoms with Gasteiger partial charge in [0.05, 0.1) is 6.10 Å². The third kappa shape index (κ3) is 3.94. The van der Waals surface area contributed by atoms with E-state index in [0.717, 1.165) is 12.0 Å². The molecule has 3 nitrogen and oxygen atoms in total. The van der Waals surface area contributed by atoms with Crippen LogP contribution in [0.2, 0.25) is 0 Å². The van der Waals surface area contributed by atoms with Crippen LogP contribution in [0.1, 0.15) is 23.7 Å². The maximum atomic E-state index is 11.6. The number of hydrogen-bond donors (Lipinski definition) is 2. The average Bonchev–Trinajstić information content (AvgIpc) is 3.05. The fourth-order valence-electron chi connectivity index (χ4n) is 1.57. The molecule has 2 aromatic rings. The van der Waals surface area contributed by atoms with Crippen LogP contribution in [0.4, 0.5) is 0 Å². The summed E-state index contributed by atoms with van der Waals surface area (Å²) in [6.45, 7) is 0.277. The molecule has 1 amide bonds. The molecule has 0 aliphatic rings. The molecule has 0 spiro atoms. The second-order valence-corrected chi connectivity index (χ2v) is 5.57. The SMILES string of the molecule is O=C(CCc1ccsc1)NCC(O)c1ccsc1. The summed E-state index contributed by atoms with van der Waals surface area (Å²) in [5.74, 6) is -0.0181. The average molecular weight is 281 g/mol. The van der Waals surface area contributed by atoms with Crippen LogP contribution >= 0.6 is 22.7 Å². The van der Waals surface area contributed by atoms with Crippen molar-refractivity contribution in [3.8, 4) is 0 Å². The van der Waals surface area contributed by atoms with E-state index in [9.17, 15) is 9.90 Å². The maximum Gasteiger partial charge on any atom is 0.220 e. The second kappa shape index (κ2) is 6.68. The molecule has 0 aromatic carbocycles. The highest BCUT2D eigenvalue weighted by atomic mass is 32.1. The standard InChI is InChI=1S/C13H15NO2S2/c15-12(11-4-6-18-9-11)7-14-13(16)2-1-10-3-5-17-8-10/h3-6,8-9,12,15H,1-2,7H2,(H,14,16). The van der Waals surface area contributed by atoms with Gasteiger partial charge in [-0.1, -0.05) is 0 Å². The van der Waals surface area contributed by atoms with Gasteiger partial charge in [-0.25, -0.2) is 0 Å². The topological polar surface area (TPSA) is 49.3 Å². The molecule has 0 aliphatic heterocycles. The molecule has 5 heteroatoms. The van der Waals surface area contributed by atoms with Gasteiger partial charge in [0, 0.05) is 13.0 Å². The Morgan fingerprint density at radius 2 is 2.06 bits per heavy atom. The van der Waals surface area contributed by atoms with Crippen LogP contribution in [0.15, 0.2) is 33.7 Å². The lowest BCUT2D eigenvalue weighted by atomic mass is 10.1. The Kier molecular flexibility index (Phi) is 4.92. The van der Waals surface area contributed by atoms with Gasteiger partial charge < -0.3 is 10.4 Å². The molecule has 0 saturated heterocycles. The highest BCUT2D eigenvalue weighted by Crippen LogP contribution is 2.15. The van der Waals surface area contributed by atoms with E-state index in [1.807, 2.05) is 33.7 Å². The first-order valence-corrected chi connectivity index (χ1v) is 7.62. The smallest absolute Gasteiger partial charge is 0.220 e. The van der Waals surface area contributed by atoms with E-state index in [2.05, 4.69) is 5.32 Å². The Morgan fingerprint density at radius 1 is 1.28 bits per heavy atom. The first kappa shape index (κ1) is 13.3. The lowest BCUT2D eigenvalue weighted by molar-refractivity contribution is -0.121. The Hall–Kier alpha value is -1.17. The minimum absolute atomic E-state index is 0.0181. The summed E-state index contributed by atoms with van der Waals surface area (Å²) in [4.78, 5) is 11.6. The van der Waals surface area contributed by atoms with Gasteiger partial charge in [0.2, 0.25) is 5.91 Å². The summed E-state index contributed by atoms with van der Waals surface area (Å²) in [6, 6.07) is 3.89. The van der Waals surface area contributed by atoms with Gasteiger partial charge in [-0.05, 0) is 51.2 Å². The highest BCUT2D eigenvalue weighted by molar-refractivity contribution is 7.08. The number of hydrogen-bond acceptors (Lipinski definition) is 4. The third-order valence-electron chi connectivity index (χ3n) is 2.64. The summed E-state index contributed by atoms with van der Waals surface area (Å²) in [7, 11) is 0. The number of carbonyl (C=O) groups excluding carboxylic acids is 1. The number of aliphatic hydroxyl groups excluding tert-OH is 1. The largest absolute Gasteiger partial charge is 0.387 e. The van der Waals surface area contributed by atoms with E-state index < -0.39 is 6.10 Å². The van der Waals surface area contributed by atoms with Crippen LogP contribution in [0.5, 0.6) is 0 Å². The van der Waals surface area contributed by atoms with Gasteiger partial charge in [-0.15, -0.1) is 0 Å². The molecule has 18 heavy (non-hydrogen) atoms. The van der Waals surface area contributed by atoms with Gasteiger partial charge in [-0.2, -0.15) is 22.7 Å². The number of aryl methyl sites for hydroxylation is 1. The molecule has 0 bridgehead atoms. The summed E-state index contributed by atoms with van der Waals surface area (Å²) >= 11 is 3.18. The highest BCUT2D eigenvalue weighted by Gasteiger charge is 2.09. The van der Waals surface area contributed by atoms with E-state index in [4.69, 9.17) is 0 Å². The third-order valence-corrected chi connectivity index (χ3v) is 4.07. The van der Waals surface area contributed by atoms with Crippen LogP contribution in [0.25, 0.3) is 0 Å². The Bertz CT molecular complexity index is 465. The van der Waals surface area contributed by atoms with Crippen molar-refractivity contribution in [2.75, 3.05) is 6.54 Å². The molecule has 1 atom stereocenters. The van der Waals surface area contributed by atoms with Crippen LogP contribution < -0.4 is 5.32 Å². The van der Waals surface area contributed by atoms with Crippen molar-refractivity contribution in [3.05, 3.63) is 44.8 Å². The molecule has 2 N–H and O–H groups in total. The Morgan fingerprint density at radius 3 is 2.72 bits per heavy atom. The summed E-state index contributed by atoms with van der Waals surface area (Å²) in [5, 5.41) is 20.4. The first-order valence-electron chi connectivity index (χ1n) is 5.73. The van der Waals surface area contributed by atoms with Crippen LogP contribution in [-0.4, -0.2) is 17.6 Å². The van der Waals surface area contributed by atoms with Crippen molar-refractivity contribution < 1.29 is 9.90 Å². The van der Waals surface area contributed by atoms with Gasteiger partial charge in [0.15, 0.2) is 0 Å². The lowest BCUT2D eigenvalue weighted by Gasteiger charge is -2.10. The van der Waals surface area contributed by atoms with E-state index in [1.165, 1.54) is 16.9 Å². The predicted octanol–water partition coefficient (Wildman–Crippen LogP) is 2.59. The van der Waals surface area contributed by atoms with Gasteiger partial charge >= 0.3 is 0 Å². The quantitative estimate of drug-likeness (QED) is 0.855. The molecule has 0 saturated carbocycles. The van der Waals surface area contributed by atoms with Crippen molar-refractivity contribution in [3.63, 3.8) is 0 Å². The molecule has 0 radical (unpaired) electrons. The molecule has 0 aliphatic carbocycles. The number of rotatable bonds is 6. The predicted molar refractivity (Wildman–Crippen MR) is 74.9 cm³/mol. The number of carbonyl (C=O) groups is 1. The molecular formula is C13H15NO2S2. The molecule has 0 fully saturated rings. The minimum Gasteiger partial charge on any atom is -0.387 e. The summed E-state index contributed by atoms with van der Waals surface area (Å²) < 4.78 is 0. The fraction of sp³-hybridized carbons (Fsp3) is 0.308. The van der Waals surface area contributed by atoms with Gasteiger partial charge in [-0.3, -0.25) is 4.79 Å². The van der Waals surface area contributed by atoms with Crippen molar-refractivity contribution in [2.45, 2.75) is 18.9 Å². The van der Waals surface area contributed by atoms with Crippen LogP contribution in [0.3, 0.4) is 0 Å². The molecule has 1 unspecified atom stereocenters. The first-order chi connectivity index (χ1) is 8.75. The number of thiophene rings is 2. The molecule has 96 valence electrons. The second-order valence-electron chi connectivity index (χ2n) is 4.01. The lowest BCUT2D eigenvalue weighted by Crippen LogP contribution is -2.28. The van der Waals surface area contributed by atoms with E-state index >= 15 is 0 Å². The minimum atomic E-state index is -0.610. The molecular weight excluding hydrogens is 266 g/mol. The van der Waals surface area contributed by atoms with Crippen LogP contribution in [-0.2, 0) is 11.2 Å². The molecule has 2 aromatic heterocycles. The maximum absolute atomic E-state index is 11.6. The normalized spacial score (nSPS) is 12.3. The van der Waals surface area contributed by atoms with Crippen molar-refractivity contribution >= 4 is 28.6 Å². The summed E-state index contributed by atoms with van der Waals surface area (Å²) in [6.07, 6.45) is 0.609. The van der Waals surface area contributed by atoms with Gasteiger partial charge in [0.25, 0.3) is 0 Å². The monoisotopic (exact) mass is 281 g/mol. The van der Waals surface area contributed by atoms with E-state index in [1.54, 1.807) is 11.3 Å². The molecule has 2 heterocycles. The Labute approximate surface area is 114 Å². The van der Waals surface area contributed by atoms with Crippen molar-refractivity contribution in [1.82, 2.24) is 5.32 Å². The zero-order valence-corrected chi connectivity index (χ0v) is 11.5.